The first-order chi connectivity index (χ1) is 15.6. The molecule has 0 saturated carbocycles. The first kappa shape index (κ1) is 24.7. The van der Waals surface area contributed by atoms with Crippen LogP contribution < -0.4 is 15.5 Å². The molecule has 3 N–H and O–H groups in total. The number of halogens is 2. The second-order valence-corrected chi connectivity index (χ2v) is 8.88. The number of rotatable bonds is 5. The first-order valence-electron chi connectivity index (χ1n) is 9.95. The van der Waals surface area contributed by atoms with Crippen molar-refractivity contribution in [2.24, 2.45) is 5.92 Å². The third-order valence-electron chi connectivity index (χ3n) is 5.32. The van der Waals surface area contributed by atoms with Crippen LogP contribution >= 0.6 is 35.4 Å². The van der Waals surface area contributed by atoms with Gasteiger partial charge in [-0.2, -0.15) is 0 Å². The van der Waals surface area contributed by atoms with Gasteiger partial charge in [0.2, 0.25) is 0 Å². The Morgan fingerprint density at radius 1 is 1.15 bits per heavy atom. The van der Waals surface area contributed by atoms with E-state index in [0.717, 1.165) is 25.9 Å². The highest BCUT2D eigenvalue weighted by Gasteiger charge is 2.24. The minimum absolute atomic E-state index is 0.0508. The summed E-state index contributed by atoms with van der Waals surface area (Å²) in [5.41, 5.74) is 0.396. The maximum absolute atomic E-state index is 13.0. The van der Waals surface area contributed by atoms with Crippen molar-refractivity contribution in [3.63, 3.8) is 0 Å². The highest BCUT2D eigenvalue weighted by atomic mass is 35.5. The summed E-state index contributed by atoms with van der Waals surface area (Å²) in [5, 5.41) is 25.5. The molecule has 1 heterocycles. The molecule has 0 aliphatic carbocycles. The van der Waals surface area contributed by atoms with Crippen LogP contribution in [0.15, 0.2) is 30.3 Å². The maximum Gasteiger partial charge on any atom is 0.337 e. The van der Waals surface area contributed by atoms with Crippen LogP contribution in [0.4, 0.5) is 17.1 Å². The van der Waals surface area contributed by atoms with E-state index in [1.807, 2.05) is 4.90 Å². The van der Waals surface area contributed by atoms with E-state index in [1.54, 1.807) is 6.07 Å². The smallest absolute Gasteiger partial charge is 0.337 e. The van der Waals surface area contributed by atoms with Crippen LogP contribution in [-0.2, 0) is 0 Å². The molecule has 1 fully saturated rings. The summed E-state index contributed by atoms with van der Waals surface area (Å²) in [6, 6.07) is 6.58. The lowest BCUT2D eigenvalue weighted by Crippen LogP contribution is -2.37. The molecule has 1 saturated heterocycles. The highest BCUT2D eigenvalue weighted by Crippen LogP contribution is 2.31. The molecule has 3 rings (SSSR count). The number of anilines is 2. The average molecular weight is 511 g/mol. The lowest BCUT2D eigenvalue weighted by Gasteiger charge is -2.33. The summed E-state index contributed by atoms with van der Waals surface area (Å²) < 4.78 is 0. The van der Waals surface area contributed by atoms with Crippen molar-refractivity contribution < 1.29 is 19.6 Å². The summed E-state index contributed by atoms with van der Waals surface area (Å²) in [6.07, 6.45) is 1.89. The van der Waals surface area contributed by atoms with Crippen molar-refractivity contribution >= 4 is 69.5 Å². The second kappa shape index (κ2) is 10.3. The van der Waals surface area contributed by atoms with Crippen molar-refractivity contribution in [2.45, 2.75) is 19.8 Å². The van der Waals surface area contributed by atoms with E-state index in [9.17, 15) is 24.8 Å². The number of carbonyl (C=O) groups is 2. The molecule has 1 amide bonds. The molecule has 0 radical (unpaired) electrons. The lowest BCUT2D eigenvalue weighted by molar-refractivity contribution is -0.384. The van der Waals surface area contributed by atoms with Gasteiger partial charge in [0, 0.05) is 25.2 Å². The number of benzene rings is 2. The van der Waals surface area contributed by atoms with Gasteiger partial charge in [0.25, 0.3) is 11.6 Å². The van der Waals surface area contributed by atoms with Crippen LogP contribution in [0, 0.1) is 16.0 Å². The standard InChI is InChI=1S/C21H20Cl2N4O5S/c1-11-4-6-26(7-5-11)18-3-2-12(27(31)32)8-14(18)19(28)25-21(33)24-17-9-13(20(29)30)15(22)10-16(17)23/h2-3,8-11H,4-7H2,1H3,(H,29,30)(H2,24,25,28,33). The fourth-order valence-electron chi connectivity index (χ4n) is 3.48. The van der Waals surface area contributed by atoms with Gasteiger partial charge in [-0.3, -0.25) is 20.2 Å². The minimum Gasteiger partial charge on any atom is -0.478 e. The third kappa shape index (κ3) is 5.89. The van der Waals surface area contributed by atoms with E-state index in [0.29, 0.717) is 11.6 Å². The Kier molecular flexibility index (Phi) is 7.72. The number of nitro groups is 1. The quantitative estimate of drug-likeness (QED) is 0.292. The molecular weight excluding hydrogens is 491 g/mol. The first-order valence-corrected chi connectivity index (χ1v) is 11.1. The molecule has 1 aliphatic heterocycles. The van der Waals surface area contributed by atoms with E-state index < -0.39 is 16.8 Å². The summed E-state index contributed by atoms with van der Waals surface area (Å²) >= 11 is 17.2. The molecule has 12 heteroatoms. The summed E-state index contributed by atoms with van der Waals surface area (Å²) in [7, 11) is 0. The molecule has 0 unspecified atom stereocenters. The maximum atomic E-state index is 13.0. The van der Waals surface area contributed by atoms with Gasteiger partial charge in [0.1, 0.15) is 0 Å². The van der Waals surface area contributed by atoms with Gasteiger partial charge in [-0.15, -0.1) is 0 Å². The van der Waals surface area contributed by atoms with E-state index >= 15 is 0 Å². The Hall–Kier alpha value is -2.95. The monoisotopic (exact) mass is 510 g/mol. The number of carboxylic acids is 1. The Bertz CT molecular complexity index is 1140. The number of nitro benzene ring substituents is 1. The topological polar surface area (TPSA) is 125 Å². The summed E-state index contributed by atoms with van der Waals surface area (Å²) in [6.45, 7) is 3.60. The number of piperidine rings is 1. The highest BCUT2D eigenvalue weighted by molar-refractivity contribution is 7.80. The third-order valence-corrected chi connectivity index (χ3v) is 6.15. The number of aromatic carboxylic acids is 1. The van der Waals surface area contributed by atoms with Crippen molar-refractivity contribution in [3.05, 3.63) is 61.6 Å². The van der Waals surface area contributed by atoms with Crippen LogP contribution in [0.1, 0.15) is 40.5 Å². The molecule has 33 heavy (non-hydrogen) atoms. The molecule has 0 aromatic heterocycles. The lowest BCUT2D eigenvalue weighted by atomic mass is 9.98. The fraction of sp³-hybridized carbons (Fsp3) is 0.286. The van der Waals surface area contributed by atoms with Gasteiger partial charge in [-0.1, -0.05) is 30.1 Å². The zero-order valence-electron chi connectivity index (χ0n) is 17.4. The Morgan fingerprint density at radius 3 is 2.42 bits per heavy atom. The number of hydrogen-bond acceptors (Lipinski definition) is 6. The van der Waals surface area contributed by atoms with Gasteiger partial charge in [0.15, 0.2) is 5.11 Å². The second-order valence-electron chi connectivity index (χ2n) is 7.65. The van der Waals surface area contributed by atoms with Gasteiger partial charge >= 0.3 is 5.97 Å². The van der Waals surface area contributed by atoms with Gasteiger partial charge < -0.3 is 15.3 Å². The van der Waals surface area contributed by atoms with Crippen LogP contribution in [0.25, 0.3) is 0 Å². The normalized spacial score (nSPS) is 14.0. The number of non-ortho nitro benzene ring substituents is 1. The molecule has 0 spiro atoms. The van der Waals surface area contributed by atoms with Crippen LogP contribution in [0.5, 0.6) is 0 Å². The summed E-state index contributed by atoms with van der Waals surface area (Å²) in [5.74, 6) is -1.34. The number of thiocarbonyl (C=S) groups is 1. The van der Waals surface area contributed by atoms with Crippen molar-refractivity contribution in [1.29, 1.82) is 0 Å². The number of nitrogens with one attached hydrogen (secondary N) is 2. The predicted molar refractivity (Wildman–Crippen MR) is 131 cm³/mol. The SMILES string of the molecule is CC1CCN(c2ccc([N+](=O)[O-])cc2C(=O)NC(=S)Nc2cc(C(=O)O)c(Cl)cc2Cl)CC1. The molecule has 0 bridgehead atoms. The Balaban J connectivity index is 1.84. The van der Waals surface area contributed by atoms with Crippen LogP contribution in [0.2, 0.25) is 10.0 Å². The zero-order valence-corrected chi connectivity index (χ0v) is 19.8. The van der Waals surface area contributed by atoms with E-state index in [4.69, 9.17) is 35.4 Å². The van der Waals surface area contributed by atoms with Gasteiger partial charge in [0.05, 0.1) is 37.5 Å². The largest absolute Gasteiger partial charge is 0.478 e. The zero-order chi connectivity index (χ0) is 24.3. The van der Waals surface area contributed by atoms with E-state index in [2.05, 4.69) is 17.6 Å². The summed E-state index contributed by atoms with van der Waals surface area (Å²) in [4.78, 5) is 37.1. The number of hydrogen-bond donors (Lipinski definition) is 3. The van der Waals surface area contributed by atoms with Crippen LogP contribution in [0.3, 0.4) is 0 Å². The van der Waals surface area contributed by atoms with Crippen LogP contribution in [-0.4, -0.2) is 40.1 Å². The van der Waals surface area contributed by atoms with E-state index in [-0.39, 0.29) is 37.7 Å². The molecule has 174 valence electrons. The molecule has 0 atom stereocenters. The number of nitrogens with zero attached hydrogens (tertiary/aromatic N) is 2. The van der Waals surface area contributed by atoms with Gasteiger partial charge in [-0.25, -0.2) is 4.79 Å². The number of carboxylic acid groups (broad SMARTS) is 1. The Morgan fingerprint density at radius 2 is 1.82 bits per heavy atom. The molecular formula is C21H20Cl2N4O5S. The fourth-order valence-corrected chi connectivity index (χ4v) is 4.19. The predicted octanol–water partition coefficient (Wildman–Crippen LogP) is 4.96. The van der Waals surface area contributed by atoms with Crippen molar-refractivity contribution in [1.82, 2.24) is 5.32 Å². The van der Waals surface area contributed by atoms with Crippen molar-refractivity contribution in [2.75, 3.05) is 23.3 Å². The molecule has 2 aromatic carbocycles. The van der Waals surface area contributed by atoms with Crippen molar-refractivity contribution in [3.8, 4) is 0 Å². The van der Waals surface area contributed by atoms with Gasteiger partial charge in [-0.05, 0) is 49.2 Å². The minimum atomic E-state index is -1.26. The molecule has 2 aromatic rings. The average Bonchev–Trinajstić information content (AvgIpc) is 2.75. The number of carbonyl (C=O) groups excluding carboxylic acids is 1. The molecule has 1 aliphatic rings. The molecule has 9 nitrogen and oxygen atoms in total. The number of amides is 1. The Labute approximate surface area is 204 Å². The van der Waals surface area contributed by atoms with E-state index in [1.165, 1.54) is 24.3 Å².